The van der Waals surface area contributed by atoms with Crippen LogP contribution in [-0.4, -0.2) is 4.98 Å². The monoisotopic (exact) mass is 301 g/mol. The normalized spacial score (nSPS) is 10.4. The number of benzene rings is 2. The van der Waals surface area contributed by atoms with Gasteiger partial charge in [-0.15, -0.1) is 11.3 Å². The Hall–Kier alpha value is -1.84. The molecule has 0 radical (unpaired) electrons. The number of hydrogen-bond acceptors (Lipinski definition) is 3. The van der Waals surface area contributed by atoms with Crippen LogP contribution in [0, 0.1) is 0 Å². The Kier molecular flexibility index (Phi) is 4.00. The second-order valence-electron chi connectivity index (χ2n) is 4.26. The van der Waals surface area contributed by atoms with Gasteiger partial charge in [-0.3, -0.25) is 0 Å². The fourth-order valence-electron chi connectivity index (χ4n) is 1.80. The SMILES string of the molecule is Clc1cccc(OCc2csc(-c3ccccc3)n2)c1. The Morgan fingerprint density at radius 1 is 1.05 bits per heavy atom. The van der Waals surface area contributed by atoms with E-state index in [0.29, 0.717) is 11.6 Å². The first-order chi connectivity index (χ1) is 9.81. The summed E-state index contributed by atoms with van der Waals surface area (Å²) in [5.41, 5.74) is 2.06. The molecular formula is C16H12ClNOS. The van der Waals surface area contributed by atoms with E-state index in [9.17, 15) is 0 Å². The highest BCUT2D eigenvalue weighted by Gasteiger charge is 2.05. The van der Waals surface area contributed by atoms with Crippen LogP contribution in [0.5, 0.6) is 5.75 Å². The average Bonchev–Trinajstić information content (AvgIpc) is 2.95. The van der Waals surface area contributed by atoms with E-state index in [1.807, 2.05) is 41.8 Å². The molecule has 0 amide bonds. The third-order valence-corrected chi connectivity index (χ3v) is 3.93. The van der Waals surface area contributed by atoms with Gasteiger partial charge in [0.2, 0.25) is 0 Å². The lowest BCUT2D eigenvalue weighted by molar-refractivity contribution is 0.302. The molecule has 100 valence electrons. The molecule has 1 aromatic heterocycles. The van der Waals surface area contributed by atoms with Crippen LogP contribution in [-0.2, 0) is 6.61 Å². The minimum Gasteiger partial charge on any atom is -0.487 e. The summed E-state index contributed by atoms with van der Waals surface area (Å²) in [6, 6.07) is 17.5. The molecule has 0 saturated heterocycles. The molecule has 3 rings (SSSR count). The zero-order chi connectivity index (χ0) is 13.8. The molecule has 3 aromatic rings. The number of rotatable bonds is 4. The molecule has 0 fully saturated rings. The number of ether oxygens (including phenoxy) is 1. The van der Waals surface area contributed by atoms with E-state index in [-0.39, 0.29) is 0 Å². The van der Waals surface area contributed by atoms with E-state index in [0.717, 1.165) is 22.0 Å². The van der Waals surface area contributed by atoms with Crippen LogP contribution >= 0.6 is 22.9 Å². The highest BCUT2D eigenvalue weighted by molar-refractivity contribution is 7.13. The van der Waals surface area contributed by atoms with Gasteiger partial charge in [-0.25, -0.2) is 4.98 Å². The first-order valence-electron chi connectivity index (χ1n) is 6.19. The fraction of sp³-hybridized carbons (Fsp3) is 0.0625. The first kappa shape index (κ1) is 13.2. The molecule has 0 N–H and O–H groups in total. The van der Waals surface area contributed by atoms with Crippen molar-refractivity contribution in [1.29, 1.82) is 0 Å². The van der Waals surface area contributed by atoms with Crippen LogP contribution in [0.1, 0.15) is 5.69 Å². The van der Waals surface area contributed by atoms with Gasteiger partial charge in [-0.2, -0.15) is 0 Å². The Labute approximate surface area is 126 Å². The maximum absolute atomic E-state index is 5.92. The van der Waals surface area contributed by atoms with E-state index in [4.69, 9.17) is 16.3 Å². The second kappa shape index (κ2) is 6.07. The maximum atomic E-state index is 5.92. The second-order valence-corrected chi connectivity index (χ2v) is 5.55. The Morgan fingerprint density at radius 2 is 1.90 bits per heavy atom. The first-order valence-corrected chi connectivity index (χ1v) is 7.45. The van der Waals surface area contributed by atoms with E-state index in [1.165, 1.54) is 0 Å². The number of aromatic nitrogens is 1. The van der Waals surface area contributed by atoms with Crippen molar-refractivity contribution in [3.05, 3.63) is 70.7 Å². The molecule has 4 heteroatoms. The molecule has 2 aromatic carbocycles. The molecule has 0 unspecified atom stereocenters. The van der Waals surface area contributed by atoms with Crippen molar-refractivity contribution >= 4 is 22.9 Å². The van der Waals surface area contributed by atoms with Gasteiger partial charge < -0.3 is 4.74 Å². The van der Waals surface area contributed by atoms with E-state index < -0.39 is 0 Å². The van der Waals surface area contributed by atoms with Crippen molar-refractivity contribution < 1.29 is 4.74 Å². The summed E-state index contributed by atoms with van der Waals surface area (Å²) in [4.78, 5) is 4.58. The molecule has 0 saturated carbocycles. The van der Waals surface area contributed by atoms with Crippen LogP contribution in [0.3, 0.4) is 0 Å². The van der Waals surface area contributed by atoms with Crippen LogP contribution in [0.15, 0.2) is 60.0 Å². The van der Waals surface area contributed by atoms with Crippen molar-refractivity contribution in [1.82, 2.24) is 4.98 Å². The summed E-state index contributed by atoms with van der Waals surface area (Å²) in [6.45, 7) is 0.448. The molecule has 2 nitrogen and oxygen atoms in total. The minimum atomic E-state index is 0.448. The van der Waals surface area contributed by atoms with E-state index in [1.54, 1.807) is 17.4 Å². The maximum Gasteiger partial charge on any atom is 0.131 e. The third kappa shape index (κ3) is 3.18. The topological polar surface area (TPSA) is 22.1 Å². The zero-order valence-corrected chi connectivity index (χ0v) is 12.2. The fourth-order valence-corrected chi connectivity index (χ4v) is 2.79. The zero-order valence-electron chi connectivity index (χ0n) is 10.6. The molecule has 0 atom stereocenters. The molecule has 0 aliphatic carbocycles. The van der Waals surface area contributed by atoms with Crippen molar-refractivity contribution in [3.8, 4) is 16.3 Å². The minimum absolute atomic E-state index is 0.448. The molecular weight excluding hydrogens is 290 g/mol. The molecule has 0 aliphatic rings. The van der Waals surface area contributed by atoms with Gasteiger partial charge in [-0.05, 0) is 18.2 Å². The van der Waals surface area contributed by atoms with Crippen LogP contribution in [0.2, 0.25) is 5.02 Å². The standard InChI is InChI=1S/C16H12ClNOS/c17-13-7-4-8-15(9-13)19-10-14-11-20-16(18-14)12-5-2-1-3-6-12/h1-9,11H,10H2. The smallest absolute Gasteiger partial charge is 0.131 e. The quantitative estimate of drug-likeness (QED) is 0.673. The van der Waals surface area contributed by atoms with Gasteiger partial charge in [0.15, 0.2) is 0 Å². The van der Waals surface area contributed by atoms with Crippen LogP contribution in [0.25, 0.3) is 10.6 Å². The van der Waals surface area contributed by atoms with E-state index >= 15 is 0 Å². The number of nitrogens with zero attached hydrogens (tertiary/aromatic N) is 1. The Bertz CT molecular complexity index is 696. The Balaban J connectivity index is 1.69. The largest absolute Gasteiger partial charge is 0.487 e. The van der Waals surface area contributed by atoms with Crippen molar-refractivity contribution in [2.45, 2.75) is 6.61 Å². The van der Waals surface area contributed by atoms with E-state index in [2.05, 4.69) is 17.1 Å². The third-order valence-electron chi connectivity index (χ3n) is 2.76. The lowest BCUT2D eigenvalue weighted by Crippen LogP contribution is -1.95. The summed E-state index contributed by atoms with van der Waals surface area (Å²) < 4.78 is 5.68. The molecule has 0 bridgehead atoms. The predicted octanol–water partition coefficient (Wildman–Crippen LogP) is 5.04. The molecule has 0 spiro atoms. The predicted molar refractivity (Wildman–Crippen MR) is 83.3 cm³/mol. The summed E-state index contributed by atoms with van der Waals surface area (Å²) in [5.74, 6) is 0.756. The summed E-state index contributed by atoms with van der Waals surface area (Å²) in [6.07, 6.45) is 0. The van der Waals surface area contributed by atoms with Crippen LogP contribution in [0.4, 0.5) is 0 Å². The highest BCUT2D eigenvalue weighted by Crippen LogP contribution is 2.24. The highest BCUT2D eigenvalue weighted by atomic mass is 35.5. The van der Waals surface area contributed by atoms with Gasteiger partial charge in [0.25, 0.3) is 0 Å². The van der Waals surface area contributed by atoms with Gasteiger partial charge >= 0.3 is 0 Å². The lowest BCUT2D eigenvalue weighted by atomic mass is 10.2. The number of hydrogen-bond donors (Lipinski definition) is 0. The van der Waals surface area contributed by atoms with Gasteiger partial charge in [0.1, 0.15) is 17.4 Å². The number of halogens is 1. The van der Waals surface area contributed by atoms with Gasteiger partial charge in [-0.1, -0.05) is 48.0 Å². The average molecular weight is 302 g/mol. The van der Waals surface area contributed by atoms with Crippen molar-refractivity contribution in [2.75, 3.05) is 0 Å². The molecule has 0 aliphatic heterocycles. The lowest BCUT2D eigenvalue weighted by Gasteiger charge is -2.03. The summed E-state index contributed by atoms with van der Waals surface area (Å²) in [7, 11) is 0. The molecule has 20 heavy (non-hydrogen) atoms. The van der Waals surface area contributed by atoms with Crippen LogP contribution < -0.4 is 4.74 Å². The summed E-state index contributed by atoms with van der Waals surface area (Å²) >= 11 is 7.54. The number of thiazole rings is 1. The Morgan fingerprint density at radius 3 is 2.70 bits per heavy atom. The molecule has 1 heterocycles. The van der Waals surface area contributed by atoms with Crippen molar-refractivity contribution in [2.24, 2.45) is 0 Å². The summed E-state index contributed by atoms with van der Waals surface area (Å²) in [5, 5.41) is 3.70. The van der Waals surface area contributed by atoms with Crippen molar-refractivity contribution in [3.63, 3.8) is 0 Å². The van der Waals surface area contributed by atoms with Gasteiger partial charge in [0, 0.05) is 16.0 Å². The van der Waals surface area contributed by atoms with Gasteiger partial charge in [0.05, 0.1) is 5.69 Å².